The van der Waals surface area contributed by atoms with Crippen LogP contribution in [0.3, 0.4) is 0 Å². The van der Waals surface area contributed by atoms with Gasteiger partial charge in [-0.15, -0.1) is 0 Å². The summed E-state index contributed by atoms with van der Waals surface area (Å²) < 4.78 is 8.04. The maximum atomic E-state index is 12.7. The lowest BCUT2D eigenvalue weighted by molar-refractivity contribution is -0.00461. The number of aromatic nitrogens is 2. The summed E-state index contributed by atoms with van der Waals surface area (Å²) in [5, 5.41) is 3.18. The molecule has 4 rings (SSSR count). The molecule has 0 aliphatic heterocycles. The summed E-state index contributed by atoms with van der Waals surface area (Å²) in [6.07, 6.45) is 9.62. The smallest absolute Gasteiger partial charge is 0.251 e. The molecule has 1 aromatic carbocycles. The van der Waals surface area contributed by atoms with Crippen LogP contribution in [0.15, 0.2) is 61.2 Å². The van der Waals surface area contributed by atoms with Crippen molar-refractivity contribution in [3.8, 4) is 0 Å². The summed E-state index contributed by atoms with van der Waals surface area (Å²) in [7, 11) is 0. The molecule has 1 aliphatic carbocycles. The van der Waals surface area contributed by atoms with E-state index in [0.717, 1.165) is 36.8 Å². The van der Waals surface area contributed by atoms with Gasteiger partial charge in [0.25, 0.3) is 5.91 Å². The Hall–Kier alpha value is -2.66. The van der Waals surface area contributed by atoms with Crippen molar-refractivity contribution in [2.75, 3.05) is 0 Å². The van der Waals surface area contributed by atoms with Crippen molar-refractivity contribution >= 4 is 11.4 Å². The molecule has 0 saturated heterocycles. The predicted molar refractivity (Wildman–Crippen MR) is 99.9 cm³/mol. The molecule has 0 radical (unpaired) electrons. The van der Waals surface area contributed by atoms with Gasteiger partial charge < -0.3 is 14.5 Å². The maximum absolute atomic E-state index is 12.7. The number of carbonyl (C=O) groups is 1. The third kappa shape index (κ3) is 3.78. The van der Waals surface area contributed by atoms with Gasteiger partial charge in [-0.05, 0) is 30.5 Å². The molecule has 1 saturated carbocycles. The SMILES string of the molecule is O=C(N[C@@H]1CCCC[C@H]1OCc1ccccc1)c1ccn2cncc2c1. The molecular weight excluding hydrogens is 326 g/mol. The minimum Gasteiger partial charge on any atom is -0.371 e. The zero-order valence-corrected chi connectivity index (χ0v) is 14.7. The number of rotatable bonds is 5. The quantitative estimate of drug-likeness (QED) is 0.766. The van der Waals surface area contributed by atoms with E-state index >= 15 is 0 Å². The van der Waals surface area contributed by atoms with E-state index in [4.69, 9.17) is 4.74 Å². The first-order valence-corrected chi connectivity index (χ1v) is 9.18. The van der Waals surface area contributed by atoms with Crippen LogP contribution in [-0.4, -0.2) is 27.4 Å². The zero-order chi connectivity index (χ0) is 17.8. The van der Waals surface area contributed by atoms with Crippen molar-refractivity contribution in [2.45, 2.75) is 44.4 Å². The molecule has 1 fully saturated rings. The van der Waals surface area contributed by atoms with Gasteiger partial charge >= 0.3 is 0 Å². The number of pyridine rings is 1. The van der Waals surface area contributed by atoms with Crippen LogP contribution >= 0.6 is 0 Å². The van der Waals surface area contributed by atoms with Crippen molar-refractivity contribution < 1.29 is 9.53 Å². The minimum atomic E-state index is -0.0473. The average Bonchev–Trinajstić information content (AvgIpc) is 3.16. The third-order valence-corrected chi connectivity index (χ3v) is 5.00. The topological polar surface area (TPSA) is 55.6 Å². The molecule has 2 atom stereocenters. The minimum absolute atomic E-state index is 0.0473. The van der Waals surface area contributed by atoms with E-state index in [1.165, 1.54) is 0 Å². The molecule has 26 heavy (non-hydrogen) atoms. The molecule has 5 nitrogen and oxygen atoms in total. The molecule has 3 aromatic rings. The monoisotopic (exact) mass is 349 g/mol. The normalized spacial score (nSPS) is 20.2. The number of ether oxygens (including phenoxy) is 1. The zero-order valence-electron chi connectivity index (χ0n) is 14.7. The largest absolute Gasteiger partial charge is 0.371 e. The first-order valence-electron chi connectivity index (χ1n) is 9.18. The van der Waals surface area contributed by atoms with E-state index in [0.29, 0.717) is 12.2 Å². The molecule has 1 aliphatic rings. The number of imidazole rings is 1. The van der Waals surface area contributed by atoms with Gasteiger partial charge in [-0.3, -0.25) is 4.79 Å². The van der Waals surface area contributed by atoms with Crippen molar-refractivity contribution in [1.82, 2.24) is 14.7 Å². The lowest BCUT2D eigenvalue weighted by Crippen LogP contribution is -2.46. The first-order chi connectivity index (χ1) is 12.8. The van der Waals surface area contributed by atoms with Crippen molar-refractivity contribution in [2.24, 2.45) is 0 Å². The van der Waals surface area contributed by atoms with Crippen LogP contribution in [0.2, 0.25) is 0 Å². The molecule has 1 amide bonds. The van der Waals surface area contributed by atoms with Gasteiger partial charge in [-0.1, -0.05) is 43.2 Å². The number of hydrogen-bond acceptors (Lipinski definition) is 3. The highest BCUT2D eigenvalue weighted by Crippen LogP contribution is 2.23. The Bertz CT molecular complexity index is 875. The van der Waals surface area contributed by atoms with Gasteiger partial charge in [0, 0.05) is 11.8 Å². The van der Waals surface area contributed by atoms with Crippen molar-refractivity contribution in [1.29, 1.82) is 0 Å². The van der Waals surface area contributed by atoms with Crippen molar-refractivity contribution in [3.63, 3.8) is 0 Å². The molecule has 0 unspecified atom stereocenters. The van der Waals surface area contributed by atoms with Crippen LogP contribution in [0.5, 0.6) is 0 Å². The number of hydrogen-bond donors (Lipinski definition) is 1. The second kappa shape index (κ2) is 7.70. The Kier molecular flexibility index (Phi) is 4.97. The molecular formula is C21H23N3O2. The molecule has 2 aromatic heterocycles. The summed E-state index contributed by atoms with van der Waals surface area (Å²) in [5.41, 5.74) is 2.73. The summed E-state index contributed by atoms with van der Waals surface area (Å²) in [5.74, 6) is -0.0473. The summed E-state index contributed by atoms with van der Waals surface area (Å²) in [4.78, 5) is 16.8. The maximum Gasteiger partial charge on any atom is 0.251 e. The first kappa shape index (κ1) is 16.8. The number of carbonyl (C=O) groups excluding carboxylic acids is 1. The van der Waals surface area contributed by atoms with Crippen molar-refractivity contribution in [3.05, 3.63) is 72.3 Å². The Morgan fingerprint density at radius 3 is 2.92 bits per heavy atom. The standard InChI is InChI=1S/C21H23N3O2/c25-21(17-10-11-24-15-22-13-18(24)12-17)23-19-8-4-5-9-20(19)26-14-16-6-2-1-3-7-16/h1-3,6-7,10-13,15,19-20H,4-5,8-9,14H2,(H,23,25)/t19-,20-/m1/s1. The van der Waals surface area contributed by atoms with E-state index in [2.05, 4.69) is 22.4 Å². The van der Waals surface area contributed by atoms with Gasteiger partial charge in [-0.2, -0.15) is 0 Å². The van der Waals surface area contributed by atoms with Gasteiger partial charge in [0.1, 0.15) is 0 Å². The van der Waals surface area contributed by atoms with Gasteiger partial charge in [0.2, 0.25) is 0 Å². The van der Waals surface area contributed by atoms with E-state index in [1.807, 2.05) is 40.9 Å². The average molecular weight is 349 g/mol. The fourth-order valence-corrected chi connectivity index (χ4v) is 3.55. The van der Waals surface area contributed by atoms with E-state index in [-0.39, 0.29) is 18.1 Å². The molecule has 0 spiro atoms. The number of nitrogens with one attached hydrogen (secondary N) is 1. The van der Waals surface area contributed by atoms with Crippen LogP contribution < -0.4 is 5.32 Å². The molecule has 134 valence electrons. The highest BCUT2D eigenvalue weighted by molar-refractivity contribution is 5.95. The Labute approximate surface area is 153 Å². The summed E-state index contributed by atoms with van der Waals surface area (Å²) >= 11 is 0. The summed E-state index contributed by atoms with van der Waals surface area (Å²) in [6.45, 7) is 0.583. The van der Waals surface area contributed by atoms with Crippen LogP contribution in [0.1, 0.15) is 41.6 Å². The number of amides is 1. The highest BCUT2D eigenvalue weighted by atomic mass is 16.5. The summed E-state index contributed by atoms with van der Waals surface area (Å²) in [6, 6.07) is 13.9. The van der Waals surface area contributed by atoms with Crippen LogP contribution in [0, 0.1) is 0 Å². The lowest BCUT2D eigenvalue weighted by Gasteiger charge is -2.32. The third-order valence-electron chi connectivity index (χ3n) is 5.00. The Morgan fingerprint density at radius 1 is 1.19 bits per heavy atom. The van der Waals surface area contributed by atoms with Gasteiger partial charge in [-0.25, -0.2) is 4.98 Å². The Morgan fingerprint density at radius 2 is 2.04 bits per heavy atom. The highest BCUT2D eigenvalue weighted by Gasteiger charge is 2.27. The number of fused-ring (bicyclic) bond motifs is 1. The second-order valence-electron chi connectivity index (χ2n) is 6.84. The Balaban J connectivity index is 1.41. The number of benzene rings is 1. The lowest BCUT2D eigenvalue weighted by atomic mass is 9.92. The fourth-order valence-electron chi connectivity index (χ4n) is 3.55. The fraction of sp³-hybridized carbons (Fsp3) is 0.333. The van der Waals surface area contributed by atoms with Crippen LogP contribution in [0.4, 0.5) is 0 Å². The molecule has 0 bridgehead atoms. The molecule has 1 N–H and O–H groups in total. The van der Waals surface area contributed by atoms with Crippen LogP contribution in [-0.2, 0) is 11.3 Å². The molecule has 5 heteroatoms. The van der Waals surface area contributed by atoms with Gasteiger partial charge in [0.05, 0.1) is 36.8 Å². The van der Waals surface area contributed by atoms with E-state index in [9.17, 15) is 4.79 Å². The molecule has 2 heterocycles. The van der Waals surface area contributed by atoms with E-state index in [1.54, 1.807) is 12.5 Å². The van der Waals surface area contributed by atoms with Gasteiger partial charge in [0.15, 0.2) is 0 Å². The van der Waals surface area contributed by atoms with E-state index < -0.39 is 0 Å². The predicted octanol–water partition coefficient (Wildman–Crippen LogP) is 3.59. The number of nitrogens with zero attached hydrogens (tertiary/aromatic N) is 2. The second-order valence-corrected chi connectivity index (χ2v) is 6.84. The van der Waals surface area contributed by atoms with Crippen LogP contribution in [0.25, 0.3) is 5.52 Å².